The van der Waals surface area contributed by atoms with E-state index in [9.17, 15) is 31.2 Å². The van der Waals surface area contributed by atoms with Crippen molar-refractivity contribution in [3.8, 4) is 0 Å². The zero-order chi connectivity index (χ0) is 28.9. The minimum atomic E-state index is -4.44. The van der Waals surface area contributed by atoms with Crippen LogP contribution >= 0.6 is 0 Å². The number of amides is 3. The van der Waals surface area contributed by atoms with Gasteiger partial charge < -0.3 is 14.7 Å². The number of hydrogen-bond acceptors (Lipinski definition) is 5. The van der Waals surface area contributed by atoms with Crippen LogP contribution in [-0.2, 0) is 16.0 Å². The maximum absolute atomic E-state index is 13.7. The summed E-state index contributed by atoms with van der Waals surface area (Å²) >= 11 is 0. The van der Waals surface area contributed by atoms with Gasteiger partial charge in [-0.2, -0.15) is 18.3 Å². The molecule has 0 spiro atoms. The third-order valence-electron chi connectivity index (χ3n) is 8.91. The van der Waals surface area contributed by atoms with Gasteiger partial charge in [-0.3, -0.25) is 9.48 Å². The Kier molecular flexibility index (Phi) is 7.27. The van der Waals surface area contributed by atoms with Gasteiger partial charge in [0.05, 0.1) is 40.6 Å². The number of carbonyl (C=O) groups is 2. The molecule has 4 fully saturated rings. The molecule has 9 nitrogen and oxygen atoms in total. The van der Waals surface area contributed by atoms with Crippen LogP contribution in [0.5, 0.6) is 0 Å². The van der Waals surface area contributed by atoms with E-state index < -0.39 is 21.6 Å². The highest BCUT2D eigenvalue weighted by Gasteiger charge is 2.40. The maximum atomic E-state index is 13.7. The number of aromatic nitrogens is 2. The number of hydrogen-bond donors (Lipinski definition) is 0. The molecule has 3 aliphatic heterocycles. The number of likely N-dealkylation sites (tertiary alicyclic amines) is 2. The van der Waals surface area contributed by atoms with E-state index in [1.807, 2.05) is 4.68 Å². The highest BCUT2D eigenvalue weighted by atomic mass is 32.2. The van der Waals surface area contributed by atoms with Gasteiger partial charge in [-0.05, 0) is 43.7 Å². The molecule has 4 aliphatic rings. The van der Waals surface area contributed by atoms with Gasteiger partial charge >= 0.3 is 12.2 Å². The zero-order valence-corrected chi connectivity index (χ0v) is 23.5. The van der Waals surface area contributed by atoms with Crippen molar-refractivity contribution >= 4 is 21.8 Å². The molecule has 1 atom stereocenters. The molecule has 2 aromatic rings. The maximum Gasteiger partial charge on any atom is 0.416 e. The number of benzene rings is 1. The summed E-state index contributed by atoms with van der Waals surface area (Å²) in [5.41, 5.74) is 1.03. The lowest BCUT2D eigenvalue weighted by Crippen LogP contribution is -2.51. The molecule has 1 unspecified atom stereocenters. The van der Waals surface area contributed by atoms with Crippen LogP contribution in [0.2, 0.25) is 0 Å². The van der Waals surface area contributed by atoms with Crippen molar-refractivity contribution in [1.29, 1.82) is 0 Å². The fourth-order valence-electron chi connectivity index (χ4n) is 6.48. The SMILES string of the molecule is O=C(c1cnn(C2CCN(C(=O)N3CCS(=O)(=O)CC3)CC2)c1C1CC1)N1CCC(c2ccccc2C(F)(F)F)C1. The number of sulfone groups is 1. The molecule has 3 amide bonds. The van der Waals surface area contributed by atoms with E-state index in [1.54, 1.807) is 27.0 Å². The Hall–Kier alpha value is -3.09. The molecular weight excluding hydrogens is 559 g/mol. The Bertz CT molecular complexity index is 1420. The van der Waals surface area contributed by atoms with E-state index >= 15 is 0 Å². The van der Waals surface area contributed by atoms with Crippen LogP contribution in [0.1, 0.15) is 77.2 Å². The first-order chi connectivity index (χ1) is 19.5. The Morgan fingerprint density at radius 1 is 0.829 bits per heavy atom. The summed E-state index contributed by atoms with van der Waals surface area (Å²) in [5.74, 6) is -0.334. The van der Waals surface area contributed by atoms with Crippen molar-refractivity contribution in [1.82, 2.24) is 24.5 Å². The first-order valence-electron chi connectivity index (χ1n) is 14.3. The number of alkyl halides is 3. The van der Waals surface area contributed by atoms with E-state index in [4.69, 9.17) is 0 Å². The largest absolute Gasteiger partial charge is 0.416 e. The minimum Gasteiger partial charge on any atom is -0.338 e. The van der Waals surface area contributed by atoms with Gasteiger partial charge in [0.15, 0.2) is 9.84 Å². The highest BCUT2D eigenvalue weighted by molar-refractivity contribution is 7.91. The molecule has 3 saturated heterocycles. The predicted octanol–water partition coefficient (Wildman–Crippen LogP) is 3.90. The molecule has 0 bridgehead atoms. The van der Waals surface area contributed by atoms with Crippen LogP contribution in [0.15, 0.2) is 30.5 Å². The molecule has 0 N–H and O–H groups in total. The fraction of sp³-hybridized carbons (Fsp3) is 0.607. The van der Waals surface area contributed by atoms with Gasteiger partial charge in [-0.1, -0.05) is 18.2 Å². The first kappa shape index (κ1) is 28.0. The lowest BCUT2D eigenvalue weighted by atomic mass is 9.93. The van der Waals surface area contributed by atoms with Crippen LogP contribution in [0, 0.1) is 0 Å². The summed E-state index contributed by atoms with van der Waals surface area (Å²) in [6.45, 7) is 2.11. The predicted molar refractivity (Wildman–Crippen MR) is 144 cm³/mol. The van der Waals surface area contributed by atoms with Gasteiger partial charge in [-0.25, -0.2) is 13.2 Å². The third kappa shape index (κ3) is 5.69. The van der Waals surface area contributed by atoms with Crippen molar-refractivity contribution in [3.05, 3.63) is 52.8 Å². The molecule has 0 radical (unpaired) electrons. The number of rotatable bonds is 4. The molecule has 6 rings (SSSR count). The Labute approximate surface area is 237 Å². The van der Waals surface area contributed by atoms with Crippen LogP contribution < -0.4 is 0 Å². The summed E-state index contributed by atoms with van der Waals surface area (Å²) in [7, 11) is -3.07. The Morgan fingerprint density at radius 2 is 1.46 bits per heavy atom. The van der Waals surface area contributed by atoms with Gasteiger partial charge in [0.2, 0.25) is 0 Å². The number of urea groups is 1. The number of piperidine rings is 1. The lowest BCUT2D eigenvalue weighted by Gasteiger charge is -2.37. The highest BCUT2D eigenvalue weighted by Crippen LogP contribution is 2.44. The summed E-state index contributed by atoms with van der Waals surface area (Å²) in [6.07, 6.45) is 0.911. The second kappa shape index (κ2) is 10.6. The smallest absolute Gasteiger partial charge is 0.338 e. The number of nitrogens with zero attached hydrogens (tertiary/aromatic N) is 5. The van der Waals surface area contributed by atoms with E-state index in [1.165, 1.54) is 12.1 Å². The van der Waals surface area contributed by atoms with Crippen LogP contribution in [0.25, 0.3) is 0 Å². The normalized spacial score (nSPS) is 23.7. The fourth-order valence-corrected chi connectivity index (χ4v) is 7.68. The van der Waals surface area contributed by atoms with E-state index in [0.29, 0.717) is 44.5 Å². The average molecular weight is 594 g/mol. The molecule has 1 aromatic carbocycles. The van der Waals surface area contributed by atoms with Gasteiger partial charge in [0.25, 0.3) is 5.91 Å². The Balaban J connectivity index is 1.12. The summed E-state index contributed by atoms with van der Waals surface area (Å²) in [4.78, 5) is 31.7. The number of carbonyl (C=O) groups excluding carboxylic acids is 2. The summed E-state index contributed by atoms with van der Waals surface area (Å²) in [6, 6.07) is 5.52. The Morgan fingerprint density at radius 3 is 2.12 bits per heavy atom. The molecule has 222 valence electrons. The van der Waals surface area contributed by atoms with Crippen molar-refractivity contribution in [2.24, 2.45) is 0 Å². The van der Waals surface area contributed by atoms with Gasteiger partial charge in [0, 0.05) is 51.1 Å². The van der Waals surface area contributed by atoms with Crippen LogP contribution in [0.3, 0.4) is 0 Å². The van der Waals surface area contributed by atoms with Crippen molar-refractivity contribution < 1.29 is 31.2 Å². The second-order valence-electron chi connectivity index (χ2n) is 11.6. The van der Waals surface area contributed by atoms with Crippen molar-refractivity contribution in [3.63, 3.8) is 0 Å². The topological polar surface area (TPSA) is 95.8 Å². The summed E-state index contributed by atoms with van der Waals surface area (Å²) in [5, 5.41) is 4.63. The average Bonchev–Trinajstić information content (AvgIpc) is 3.49. The zero-order valence-electron chi connectivity index (χ0n) is 22.7. The van der Waals surface area contributed by atoms with Crippen molar-refractivity contribution in [2.75, 3.05) is 50.8 Å². The first-order valence-corrected chi connectivity index (χ1v) is 16.1. The van der Waals surface area contributed by atoms with E-state index in [2.05, 4.69) is 5.10 Å². The molecule has 13 heteroatoms. The van der Waals surface area contributed by atoms with Gasteiger partial charge in [-0.15, -0.1) is 0 Å². The van der Waals surface area contributed by atoms with Crippen LogP contribution in [0.4, 0.5) is 18.0 Å². The number of halogens is 3. The standard InChI is InChI=1S/C28H34F3N5O4S/c29-28(30,31)24-4-2-1-3-22(24)20-7-10-35(18-20)26(37)23-17-32-36(25(23)19-5-6-19)21-8-11-33(12-9-21)27(38)34-13-15-41(39,40)16-14-34/h1-4,17,19-21H,5-16,18H2. The molecule has 1 aromatic heterocycles. The van der Waals surface area contributed by atoms with E-state index in [-0.39, 0.29) is 66.5 Å². The third-order valence-corrected chi connectivity index (χ3v) is 10.5. The second-order valence-corrected chi connectivity index (χ2v) is 13.9. The quantitative estimate of drug-likeness (QED) is 0.536. The van der Waals surface area contributed by atoms with Gasteiger partial charge in [0.1, 0.15) is 0 Å². The summed E-state index contributed by atoms with van der Waals surface area (Å²) < 4.78 is 66.2. The van der Waals surface area contributed by atoms with Crippen molar-refractivity contribution in [2.45, 2.75) is 56.2 Å². The molecule has 41 heavy (non-hydrogen) atoms. The monoisotopic (exact) mass is 593 g/mol. The molecule has 4 heterocycles. The van der Waals surface area contributed by atoms with E-state index in [0.717, 1.165) is 24.6 Å². The molecular formula is C28H34F3N5O4S. The molecule has 1 aliphatic carbocycles. The molecule has 1 saturated carbocycles. The lowest BCUT2D eigenvalue weighted by molar-refractivity contribution is -0.138. The van der Waals surface area contributed by atoms with Crippen LogP contribution in [-0.4, -0.2) is 95.6 Å². The minimum absolute atomic E-state index is 0.00332.